The lowest BCUT2D eigenvalue weighted by Gasteiger charge is -2.36. The first-order chi connectivity index (χ1) is 42.8. The molecule has 0 bridgehead atoms. The number of rotatable bonds is 21. The second-order valence-electron chi connectivity index (χ2n) is 27.5. The molecular weight excluding hydrogens is 1140 g/mol. The van der Waals surface area contributed by atoms with E-state index in [9.17, 15) is 28.8 Å². The van der Waals surface area contributed by atoms with Gasteiger partial charge in [0.2, 0.25) is 41.4 Å². The van der Waals surface area contributed by atoms with Gasteiger partial charge in [-0.3, -0.25) is 38.4 Å². The molecule has 4 aromatic carbocycles. The summed E-state index contributed by atoms with van der Waals surface area (Å²) in [6.07, 6.45) is 3.17. The van der Waals surface area contributed by atoms with E-state index in [0.29, 0.717) is 12.8 Å². The van der Waals surface area contributed by atoms with Crippen molar-refractivity contribution >= 4 is 53.2 Å². The number of likely N-dealkylation sites (tertiary alicyclic amines) is 2. The summed E-state index contributed by atoms with van der Waals surface area (Å²) in [5.41, 5.74) is 6.60. The van der Waals surface area contributed by atoms with E-state index in [1.807, 2.05) is 133 Å². The van der Waals surface area contributed by atoms with Gasteiger partial charge in [-0.15, -0.1) is 0 Å². The second kappa shape index (κ2) is 28.5. The van der Waals surface area contributed by atoms with Crippen molar-refractivity contribution in [2.75, 3.05) is 33.8 Å². The number of carbonyl (C=O) groups excluding carboxylic acids is 9. The molecule has 2 fully saturated rings. The van der Waals surface area contributed by atoms with Crippen LogP contribution in [0.3, 0.4) is 0 Å². The highest BCUT2D eigenvalue weighted by molar-refractivity contribution is 5.97. The number of likely N-dealkylation sites (N-methyl/N-ethyl adjacent to an activating group) is 2. The number of benzene rings is 4. The number of fused-ring (bicyclic) bond motifs is 5. The van der Waals surface area contributed by atoms with Crippen LogP contribution in [0.25, 0.3) is 11.1 Å². The molecule has 11 atom stereocenters. The van der Waals surface area contributed by atoms with Gasteiger partial charge in [0.1, 0.15) is 42.6 Å². The van der Waals surface area contributed by atoms with E-state index in [2.05, 4.69) is 48.6 Å². The molecule has 482 valence electrons. The minimum absolute atomic E-state index is 0.0175. The first-order valence-corrected chi connectivity index (χ1v) is 32.1. The summed E-state index contributed by atoms with van der Waals surface area (Å²) in [6.45, 7) is 14.1. The Morgan fingerprint density at radius 3 is 1.47 bits per heavy atom. The van der Waals surface area contributed by atoms with Crippen LogP contribution in [0.2, 0.25) is 0 Å². The highest BCUT2D eigenvalue weighted by Gasteiger charge is 2.49. The van der Waals surface area contributed by atoms with Crippen molar-refractivity contribution in [1.29, 1.82) is 0 Å². The van der Waals surface area contributed by atoms with Crippen molar-refractivity contribution in [2.45, 2.75) is 186 Å². The second-order valence-corrected chi connectivity index (χ2v) is 27.5. The standard InChI is InChI=1S/C70H92N10O10/c1-40(71-9)61(82)77-59(69(3,4)5)66(87)79-37-42(34-57(79)64(85)74-54-31-19-23-43-21-11-13-25-47(43)54)33-46(81)36-56(76-68(89)90-39-53-51-29-17-15-27-49(51)50-28-16-18-30-52(50)53)63(84)73-45-35-58(65(86)75-55-32-20-24-44-22-12-14-26-48(44)55)80(38-45)67(88)60(70(6,7)8)78-62(83)41(2)72-10/h11-18,21-22,25-30,40-42,45,53-60,71-72H,19-20,23-24,31-39H2,1-10H3,(H,73,84)(H,74,85)(H,75,86)(H,76,89)(H,77,82)(H,78,83)/t40-,41-,42-,45-,54+,55+,56-,57-,58-,59+,60+/m0/s1. The molecule has 8 amide bonds. The Kier molecular flexibility index (Phi) is 21.0. The van der Waals surface area contributed by atoms with Crippen LogP contribution in [0.15, 0.2) is 97.1 Å². The minimum atomic E-state index is -1.53. The molecule has 0 saturated carbocycles. The van der Waals surface area contributed by atoms with Crippen molar-refractivity contribution in [1.82, 2.24) is 52.3 Å². The molecular formula is C70H92N10O10. The number of ether oxygens (including phenoxy) is 1. The average molecular weight is 1230 g/mol. The third-order valence-corrected chi connectivity index (χ3v) is 18.9. The van der Waals surface area contributed by atoms with Crippen LogP contribution in [0.4, 0.5) is 4.79 Å². The highest BCUT2D eigenvalue weighted by Crippen LogP contribution is 2.45. The van der Waals surface area contributed by atoms with Crippen LogP contribution in [-0.4, -0.2) is 145 Å². The van der Waals surface area contributed by atoms with Gasteiger partial charge >= 0.3 is 6.09 Å². The maximum absolute atomic E-state index is 15.1. The third kappa shape index (κ3) is 15.3. The van der Waals surface area contributed by atoms with Crippen LogP contribution in [0.1, 0.15) is 158 Å². The molecule has 20 nitrogen and oxygen atoms in total. The number of ketones is 1. The summed E-state index contributed by atoms with van der Waals surface area (Å²) in [5, 5.41) is 23.9. The first-order valence-electron chi connectivity index (χ1n) is 32.1. The number of hydrogen-bond acceptors (Lipinski definition) is 12. The summed E-state index contributed by atoms with van der Waals surface area (Å²) >= 11 is 0. The maximum atomic E-state index is 15.1. The molecule has 2 aliphatic heterocycles. The number of alkyl carbamates (subject to hydrolysis) is 1. The molecule has 4 aromatic rings. The summed E-state index contributed by atoms with van der Waals surface area (Å²) in [4.78, 5) is 134. The largest absolute Gasteiger partial charge is 0.449 e. The SMILES string of the molecule is CN[C@@H](C)C(=O)N[C@H](C(=O)N1C[C@@H](CC(=O)C[C@H](NC(=O)OCC2c3ccccc3-c3ccccc32)C(=O)N[C@H]2C[C@@H](C(=O)N[C@@H]3CCCc4ccccc43)N(C(=O)[C@@H](NC(=O)[C@H](C)NC)C(C)(C)C)C2)C[C@H]1C(=O)N[C@@H]1CCCc2ccccc21)C(C)(C)C. The van der Waals surface area contributed by atoms with Crippen molar-refractivity contribution in [3.05, 3.63) is 130 Å². The van der Waals surface area contributed by atoms with Gasteiger partial charge in [0.05, 0.1) is 24.2 Å². The van der Waals surface area contributed by atoms with E-state index in [-0.39, 0.29) is 62.9 Å². The van der Waals surface area contributed by atoms with E-state index in [1.54, 1.807) is 27.9 Å². The van der Waals surface area contributed by atoms with Gasteiger partial charge in [0.25, 0.3) is 0 Å². The number of amides is 8. The van der Waals surface area contributed by atoms with E-state index < -0.39 is 119 Å². The summed E-state index contributed by atoms with van der Waals surface area (Å²) in [6, 6.07) is 23.0. The van der Waals surface area contributed by atoms with Crippen molar-refractivity contribution < 1.29 is 47.9 Å². The van der Waals surface area contributed by atoms with Crippen LogP contribution < -0.4 is 42.5 Å². The van der Waals surface area contributed by atoms with Gasteiger partial charge in [-0.25, -0.2) is 4.79 Å². The van der Waals surface area contributed by atoms with Crippen LogP contribution in [0, 0.1) is 16.7 Å². The highest BCUT2D eigenvalue weighted by atomic mass is 16.5. The lowest BCUT2D eigenvalue weighted by atomic mass is 9.85. The number of carbonyl (C=O) groups is 9. The number of hydrogen-bond donors (Lipinski definition) is 8. The molecule has 9 rings (SSSR count). The molecule has 90 heavy (non-hydrogen) atoms. The van der Waals surface area contributed by atoms with Gasteiger partial charge in [0.15, 0.2) is 0 Å². The van der Waals surface area contributed by atoms with Crippen LogP contribution in [-0.2, 0) is 55.9 Å². The van der Waals surface area contributed by atoms with Crippen molar-refractivity contribution in [3.63, 3.8) is 0 Å². The van der Waals surface area contributed by atoms with Crippen LogP contribution in [0.5, 0.6) is 0 Å². The Labute approximate surface area is 529 Å². The smallest absolute Gasteiger partial charge is 0.407 e. The fourth-order valence-electron chi connectivity index (χ4n) is 13.7. The number of Topliss-reactive ketones (excluding diaryl/α,β-unsaturated/α-hetero) is 1. The van der Waals surface area contributed by atoms with E-state index in [4.69, 9.17) is 4.74 Å². The quantitative estimate of drug-likeness (QED) is 0.0463. The fourth-order valence-corrected chi connectivity index (χ4v) is 13.7. The average Bonchev–Trinajstić information content (AvgIpc) is 1.63. The Morgan fingerprint density at radius 1 is 0.544 bits per heavy atom. The van der Waals surface area contributed by atoms with Gasteiger partial charge in [0, 0.05) is 37.9 Å². The number of nitrogens with zero attached hydrogens (tertiary/aromatic N) is 2. The van der Waals surface area contributed by atoms with Gasteiger partial charge < -0.3 is 57.1 Å². The molecule has 0 aromatic heterocycles. The molecule has 8 N–H and O–H groups in total. The van der Waals surface area contributed by atoms with E-state index >= 15 is 14.4 Å². The molecule has 0 spiro atoms. The third-order valence-electron chi connectivity index (χ3n) is 18.9. The number of aryl methyl sites for hydroxylation is 2. The molecule has 2 saturated heterocycles. The summed E-state index contributed by atoms with van der Waals surface area (Å²) < 4.78 is 5.97. The molecule has 0 radical (unpaired) electrons. The summed E-state index contributed by atoms with van der Waals surface area (Å²) in [5.74, 6) is -4.77. The van der Waals surface area contributed by atoms with Crippen molar-refractivity contribution in [2.24, 2.45) is 16.7 Å². The molecule has 3 aliphatic carbocycles. The lowest BCUT2D eigenvalue weighted by Crippen LogP contribution is -2.59. The monoisotopic (exact) mass is 1230 g/mol. The normalized spacial score (nSPS) is 22.0. The fraction of sp³-hybridized carbons (Fsp3) is 0.529. The first kappa shape index (κ1) is 66.4. The Balaban J connectivity index is 0.982. The van der Waals surface area contributed by atoms with Crippen molar-refractivity contribution in [3.8, 4) is 11.1 Å². The maximum Gasteiger partial charge on any atom is 0.407 e. The minimum Gasteiger partial charge on any atom is -0.449 e. The van der Waals surface area contributed by atoms with E-state index in [1.165, 1.54) is 9.80 Å². The zero-order chi connectivity index (χ0) is 64.8. The molecule has 5 aliphatic rings. The zero-order valence-corrected chi connectivity index (χ0v) is 53.8. The lowest BCUT2D eigenvalue weighted by molar-refractivity contribution is -0.144. The summed E-state index contributed by atoms with van der Waals surface area (Å²) in [7, 11) is 3.28. The Bertz CT molecular complexity index is 3290. The molecule has 0 unspecified atom stereocenters. The Hall–Kier alpha value is -7.97. The van der Waals surface area contributed by atoms with Gasteiger partial charge in [-0.05, 0) is 141 Å². The van der Waals surface area contributed by atoms with Gasteiger partial charge in [-0.2, -0.15) is 0 Å². The molecule has 20 heteroatoms. The Morgan fingerprint density at radius 2 is 0.989 bits per heavy atom. The van der Waals surface area contributed by atoms with Crippen LogP contribution >= 0.6 is 0 Å². The number of nitrogens with one attached hydrogen (secondary N) is 8. The topological polar surface area (TPSA) is 266 Å². The molecule has 2 heterocycles. The van der Waals surface area contributed by atoms with Gasteiger partial charge in [-0.1, -0.05) is 139 Å². The predicted octanol–water partition coefficient (Wildman–Crippen LogP) is 6.21. The zero-order valence-electron chi connectivity index (χ0n) is 53.8. The van der Waals surface area contributed by atoms with E-state index in [0.717, 1.165) is 70.2 Å². The predicted molar refractivity (Wildman–Crippen MR) is 342 cm³/mol.